The Morgan fingerprint density at radius 2 is 1.89 bits per heavy atom. The fraction of sp³-hybridized carbons (Fsp3) is 0.857. The van der Waals surface area contributed by atoms with E-state index < -0.39 is 0 Å². The van der Waals surface area contributed by atoms with Crippen molar-refractivity contribution in [1.29, 1.82) is 0 Å². The molecule has 0 aromatic heterocycles. The molecule has 0 saturated carbocycles. The molecule has 1 nitrogen and oxygen atoms in total. The topological polar surface area (TPSA) is 17.1 Å². The zero-order valence-corrected chi connectivity index (χ0v) is 7.13. The minimum atomic E-state index is 0. The van der Waals surface area contributed by atoms with Crippen molar-refractivity contribution >= 4 is 6.29 Å². The molecule has 0 bridgehead atoms. The van der Waals surface area contributed by atoms with Gasteiger partial charge in [0.15, 0.2) is 0 Å². The van der Waals surface area contributed by atoms with Crippen LogP contribution in [0.15, 0.2) is 0 Å². The van der Waals surface area contributed by atoms with Crippen molar-refractivity contribution in [2.45, 2.75) is 39.0 Å². The van der Waals surface area contributed by atoms with Crippen molar-refractivity contribution < 1.29 is 22.2 Å². The monoisotopic (exact) mass is 165 g/mol. The third-order valence-electron chi connectivity index (χ3n) is 1.13. The molecule has 0 radical (unpaired) electrons. The molecule has 0 N–H and O–H groups in total. The van der Waals surface area contributed by atoms with Gasteiger partial charge in [-0.3, -0.25) is 6.29 Å². The molecule has 0 aliphatic carbocycles. The molecule has 0 aromatic rings. The molecular formula is C7H13CrO-. The van der Waals surface area contributed by atoms with E-state index in [0.717, 1.165) is 6.42 Å². The van der Waals surface area contributed by atoms with Crippen LogP contribution >= 0.6 is 0 Å². The molecule has 0 saturated heterocycles. The van der Waals surface area contributed by atoms with Gasteiger partial charge in [-0.1, -0.05) is 32.6 Å². The molecule has 0 fully saturated rings. The maximum atomic E-state index is 9.64. The number of hydrogen-bond acceptors (Lipinski definition) is 1. The van der Waals surface area contributed by atoms with Crippen LogP contribution in [0.2, 0.25) is 0 Å². The summed E-state index contributed by atoms with van der Waals surface area (Å²) in [7, 11) is 0. The van der Waals surface area contributed by atoms with E-state index in [1.807, 2.05) is 6.29 Å². The second-order valence-corrected chi connectivity index (χ2v) is 1.95. The van der Waals surface area contributed by atoms with Gasteiger partial charge in [0.05, 0.1) is 0 Å². The van der Waals surface area contributed by atoms with Gasteiger partial charge in [0.1, 0.15) is 0 Å². The molecule has 0 atom stereocenters. The summed E-state index contributed by atoms with van der Waals surface area (Å²) in [6.07, 6.45) is 7.20. The number of unbranched alkanes of at least 4 members (excludes halogenated alkanes) is 4. The Morgan fingerprint density at radius 1 is 1.22 bits per heavy atom. The fourth-order valence-corrected chi connectivity index (χ4v) is 0.624. The summed E-state index contributed by atoms with van der Waals surface area (Å²) in [5.41, 5.74) is 0. The van der Waals surface area contributed by atoms with Crippen molar-refractivity contribution in [3.8, 4) is 0 Å². The predicted molar refractivity (Wildman–Crippen MR) is 34.5 cm³/mol. The van der Waals surface area contributed by atoms with Crippen LogP contribution in [0.25, 0.3) is 0 Å². The van der Waals surface area contributed by atoms with Gasteiger partial charge in [0, 0.05) is 17.4 Å². The maximum Gasteiger partial charge on any atom is 0 e. The molecule has 2 heteroatoms. The Balaban J connectivity index is 0. The zero-order valence-electron chi connectivity index (χ0n) is 5.85. The second kappa shape index (κ2) is 11.1. The average Bonchev–Trinajstić information content (AvgIpc) is 1.81. The van der Waals surface area contributed by atoms with Gasteiger partial charge in [-0.15, -0.1) is 0 Å². The predicted octanol–water partition coefficient (Wildman–Crippen LogP) is 2.06. The first kappa shape index (κ1) is 11.9. The van der Waals surface area contributed by atoms with E-state index in [1.54, 1.807) is 0 Å². The molecule has 9 heavy (non-hydrogen) atoms. The van der Waals surface area contributed by atoms with E-state index in [1.165, 1.54) is 19.3 Å². The van der Waals surface area contributed by atoms with Crippen LogP contribution in [0.1, 0.15) is 39.0 Å². The van der Waals surface area contributed by atoms with Gasteiger partial charge in [0.2, 0.25) is 0 Å². The normalized spacial score (nSPS) is 8.11. The van der Waals surface area contributed by atoms with Crippen molar-refractivity contribution in [2.75, 3.05) is 0 Å². The van der Waals surface area contributed by atoms with Crippen LogP contribution in [-0.4, -0.2) is 6.29 Å². The maximum absolute atomic E-state index is 9.64. The molecule has 54 valence electrons. The van der Waals surface area contributed by atoms with Gasteiger partial charge in [-0.2, -0.15) is 6.42 Å². The van der Waals surface area contributed by atoms with Crippen LogP contribution in [0.4, 0.5) is 0 Å². The Bertz CT molecular complexity index is 54.9. The summed E-state index contributed by atoms with van der Waals surface area (Å²) >= 11 is 0. The molecule has 0 aliphatic rings. The Morgan fingerprint density at radius 3 is 2.33 bits per heavy atom. The quantitative estimate of drug-likeness (QED) is 0.450. The van der Waals surface area contributed by atoms with Gasteiger partial charge in [-0.05, 0) is 0 Å². The fourth-order valence-electron chi connectivity index (χ4n) is 0.624. The van der Waals surface area contributed by atoms with Crippen LogP contribution in [0.5, 0.6) is 0 Å². The van der Waals surface area contributed by atoms with Gasteiger partial charge < -0.3 is 4.79 Å². The summed E-state index contributed by atoms with van der Waals surface area (Å²) < 4.78 is 0. The summed E-state index contributed by atoms with van der Waals surface area (Å²) in [4.78, 5) is 9.64. The zero-order chi connectivity index (χ0) is 6.24. The molecule has 0 unspecified atom stereocenters. The number of hydrogen-bond donors (Lipinski definition) is 0. The molecule has 0 spiro atoms. The van der Waals surface area contributed by atoms with E-state index in [0.29, 0.717) is 6.42 Å². The minimum Gasteiger partial charge on any atom is -0.542 e. The van der Waals surface area contributed by atoms with Crippen LogP contribution in [0, 0.1) is 0 Å². The Hall–Kier alpha value is 0.202. The first-order chi connectivity index (χ1) is 3.91. The van der Waals surface area contributed by atoms with E-state index in [4.69, 9.17) is 0 Å². The van der Waals surface area contributed by atoms with E-state index in [9.17, 15) is 4.79 Å². The number of rotatable bonds is 5. The van der Waals surface area contributed by atoms with E-state index in [2.05, 4.69) is 6.92 Å². The molecule has 0 amide bonds. The van der Waals surface area contributed by atoms with E-state index >= 15 is 0 Å². The van der Waals surface area contributed by atoms with Gasteiger partial charge in [-0.25, -0.2) is 0 Å². The van der Waals surface area contributed by atoms with Crippen molar-refractivity contribution in [3.63, 3.8) is 0 Å². The Labute approximate surface area is 68.0 Å². The smallest absolute Gasteiger partial charge is 0 e. The SMILES string of the molecule is CCCCCC[C-]=O.[Cr]. The average molecular weight is 165 g/mol. The molecular weight excluding hydrogens is 152 g/mol. The summed E-state index contributed by atoms with van der Waals surface area (Å²) in [5.74, 6) is 0. The number of carbonyl (C=O) groups excluding carboxylic acids is 1. The molecule has 0 aromatic carbocycles. The Kier molecular flexibility index (Phi) is 14.7. The third-order valence-corrected chi connectivity index (χ3v) is 1.13. The van der Waals surface area contributed by atoms with E-state index in [-0.39, 0.29) is 17.4 Å². The minimum absolute atomic E-state index is 0. The second-order valence-electron chi connectivity index (χ2n) is 1.95. The standard InChI is InChI=1S/C7H13O.Cr/c1-2-3-4-5-6-7-8;/h2-6H2,1H3;/q-1;. The van der Waals surface area contributed by atoms with Gasteiger partial charge >= 0.3 is 0 Å². The molecule has 0 aliphatic heterocycles. The van der Waals surface area contributed by atoms with Crippen molar-refractivity contribution in [1.82, 2.24) is 0 Å². The summed E-state index contributed by atoms with van der Waals surface area (Å²) in [6.45, 7) is 2.16. The largest absolute Gasteiger partial charge is 0.542 e. The van der Waals surface area contributed by atoms with Gasteiger partial charge in [0.25, 0.3) is 0 Å². The summed E-state index contributed by atoms with van der Waals surface area (Å²) in [5, 5.41) is 0. The first-order valence-electron chi connectivity index (χ1n) is 3.26. The molecule has 0 rings (SSSR count). The van der Waals surface area contributed by atoms with Crippen LogP contribution in [-0.2, 0) is 22.2 Å². The third kappa shape index (κ3) is 11.7. The van der Waals surface area contributed by atoms with Crippen LogP contribution < -0.4 is 0 Å². The first-order valence-corrected chi connectivity index (χ1v) is 3.26. The van der Waals surface area contributed by atoms with Crippen LogP contribution in [0.3, 0.4) is 0 Å². The van der Waals surface area contributed by atoms with Crippen molar-refractivity contribution in [3.05, 3.63) is 0 Å². The van der Waals surface area contributed by atoms with Crippen molar-refractivity contribution in [2.24, 2.45) is 0 Å². The molecule has 0 heterocycles. The summed E-state index contributed by atoms with van der Waals surface area (Å²) in [6, 6.07) is 0.